The van der Waals surface area contributed by atoms with Gasteiger partial charge in [0.25, 0.3) is 0 Å². The number of rotatable bonds is 1. The van der Waals surface area contributed by atoms with E-state index < -0.39 is 5.82 Å². The van der Waals surface area contributed by atoms with Crippen LogP contribution in [0, 0.1) is 5.82 Å². The van der Waals surface area contributed by atoms with Crippen LogP contribution < -0.4 is 0 Å². The zero-order valence-electron chi connectivity index (χ0n) is 6.80. The molecule has 1 heterocycles. The summed E-state index contributed by atoms with van der Waals surface area (Å²) in [6, 6.07) is 2.73. The third kappa shape index (κ3) is 1.75. The molecular weight excluding hydrogens is 244 g/mol. The van der Waals surface area contributed by atoms with Gasteiger partial charge in [-0.15, -0.1) is 11.3 Å². The van der Waals surface area contributed by atoms with Gasteiger partial charge < -0.3 is 0 Å². The number of aromatic nitrogens is 1. The Morgan fingerprint density at radius 3 is 2.64 bits per heavy atom. The molecule has 14 heavy (non-hydrogen) atoms. The molecule has 0 spiro atoms. The Morgan fingerprint density at radius 2 is 2.07 bits per heavy atom. The predicted molar refractivity (Wildman–Crippen MR) is 57.5 cm³/mol. The summed E-state index contributed by atoms with van der Waals surface area (Å²) in [5, 5.41) is 2.89. The van der Waals surface area contributed by atoms with E-state index in [1.807, 2.05) is 0 Å². The van der Waals surface area contributed by atoms with Crippen LogP contribution in [0.5, 0.6) is 0 Å². The molecule has 0 aliphatic rings. The fourth-order valence-corrected chi connectivity index (χ4v) is 2.41. The molecule has 0 unspecified atom stereocenters. The van der Waals surface area contributed by atoms with Crippen molar-refractivity contribution in [3.8, 4) is 10.6 Å². The second kappa shape index (κ2) is 3.85. The molecule has 0 aliphatic heterocycles. The first-order valence-electron chi connectivity index (χ1n) is 3.73. The third-order valence-corrected chi connectivity index (χ3v) is 2.96. The average molecular weight is 248 g/mol. The van der Waals surface area contributed by atoms with Gasteiger partial charge in [-0.05, 0) is 12.1 Å². The lowest BCUT2D eigenvalue weighted by molar-refractivity contribution is 0.631. The van der Waals surface area contributed by atoms with E-state index >= 15 is 0 Å². The SMILES string of the molecule is Fc1cc(Cl)cc(Cl)c1-c1nccs1. The first kappa shape index (κ1) is 9.90. The number of thiazole rings is 1. The molecule has 2 rings (SSSR count). The van der Waals surface area contributed by atoms with Gasteiger partial charge in [-0.3, -0.25) is 0 Å². The van der Waals surface area contributed by atoms with Gasteiger partial charge in [0, 0.05) is 16.6 Å². The number of benzene rings is 1. The zero-order chi connectivity index (χ0) is 10.1. The molecule has 0 aliphatic carbocycles. The molecule has 0 saturated carbocycles. The van der Waals surface area contributed by atoms with Gasteiger partial charge in [-0.25, -0.2) is 9.37 Å². The van der Waals surface area contributed by atoms with Crippen molar-refractivity contribution < 1.29 is 4.39 Å². The Labute approximate surface area is 94.1 Å². The highest BCUT2D eigenvalue weighted by atomic mass is 35.5. The van der Waals surface area contributed by atoms with E-state index in [1.54, 1.807) is 11.6 Å². The van der Waals surface area contributed by atoms with Crippen LogP contribution in [-0.2, 0) is 0 Å². The van der Waals surface area contributed by atoms with Crippen molar-refractivity contribution in [3.63, 3.8) is 0 Å². The minimum Gasteiger partial charge on any atom is -0.244 e. The minimum atomic E-state index is -0.447. The third-order valence-electron chi connectivity index (χ3n) is 1.65. The minimum absolute atomic E-state index is 0.282. The van der Waals surface area contributed by atoms with E-state index in [1.165, 1.54) is 23.5 Å². The summed E-state index contributed by atoms with van der Waals surface area (Å²) >= 11 is 12.8. The summed E-state index contributed by atoms with van der Waals surface area (Å²) in [6.45, 7) is 0. The van der Waals surface area contributed by atoms with Crippen LogP contribution in [0.1, 0.15) is 0 Å². The fraction of sp³-hybridized carbons (Fsp3) is 0. The van der Waals surface area contributed by atoms with Crippen LogP contribution in [0.25, 0.3) is 10.6 Å². The second-order valence-corrected chi connectivity index (χ2v) is 4.32. The zero-order valence-corrected chi connectivity index (χ0v) is 9.13. The highest BCUT2D eigenvalue weighted by Gasteiger charge is 2.13. The maximum atomic E-state index is 13.5. The van der Waals surface area contributed by atoms with Gasteiger partial charge in [-0.2, -0.15) is 0 Å². The van der Waals surface area contributed by atoms with E-state index in [4.69, 9.17) is 23.2 Å². The number of halogens is 3. The lowest BCUT2D eigenvalue weighted by Gasteiger charge is -2.02. The van der Waals surface area contributed by atoms with E-state index in [2.05, 4.69) is 4.98 Å². The first-order chi connectivity index (χ1) is 6.68. The first-order valence-corrected chi connectivity index (χ1v) is 5.36. The number of hydrogen-bond acceptors (Lipinski definition) is 2. The molecule has 0 saturated heterocycles. The highest BCUT2D eigenvalue weighted by molar-refractivity contribution is 7.13. The molecule has 0 atom stereocenters. The molecule has 0 N–H and O–H groups in total. The average Bonchev–Trinajstić information content (AvgIpc) is 2.54. The molecule has 0 radical (unpaired) electrons. The van der Waals surface area contributed by atoms with Crippen LogP contribution in [0.4, 0.5) is 4.39 Å². The van der Waals surface area contributed by atoms with Gasteiger partial charge in [-0.1, -0.05) is 23.2 Å². The lowest BCUT2D eigenvalue weighted by Crippen LogP contribution is -1.85. The molecule has 1 aromatic heterocycles. The predicted octanol–water partition coefficient (Wildman–Crippen LogP) is 4.26. The maximum absolute atomic E-state index is 13.5. The summed E-state index contributed by atoms with van der Waals surface area (Å²) in [4.78, 5) is 3.99. The number of hydrogen-bond donors (Lipinski definition) is 0. The Morgan fingerprint density at radius 1 is 1.29 bits per heavy atom. The smallest absolute Gasteiger partial charge is 0.136 e. The van der Waals surface area contributed by atoms with Gasteiger partial charge in [0.1, 0.15) is 10.8 Å². The van der Waals surface area contributed by atoms with E-state index in [-0.39, 0.29) is 10.0 Å². The van der Waals surface area contributed by atoms with Crippen molar-refractivity contribution in [2.75, 3.05) is 0 Å². The van der Waals surface area contributed by atoms with Crippen molar-refractivity contribution >= 4 is 34.5 Å². The quantitative estimate of drug-likeness (QED) is 0.734. The maximum Gasteiger partial charge on any atom is 0.136 e. The van der Waals surface area contributed by atoms with Crippen molar-refractivity contribution in [1.82, 2.24) is 4.98 Å². The molecule has 5 heteroatoms. The summed E-state index contributed by atoms with van der Waals surface area (Å²) < 4.78 is 13.5. The largest absolute Gasteiger partial charge is 0.244 e. The molecule has 0 fully saturated rings. The van der Waals surface area contributed by atoms with Gasteiger partial charge in [0.2, 0.25) is 0 Å². The lowest BCUT2D eigenvalue weighted by atomic mass is 10.2. The Kier molecular flexibility index (Phi) is 2.72. The van der Waals surface area contributed by atoms with Crippen molar-refractivity contribution in [2.45, 2.75) is 0 Å². The van der Waals surface area contributed by atoms with Crippen molar-refractivity contribution in [3.05, 3.63) is 39.6 Å². The summed E-state index contributed by atoms with van der Waals surface area (Å²) in [5.41, 5.74) is 0.311. The standard InChI is InChI=1S/C9H4Cl2FNS/c10-5-3-6(11)8(7(12)4-5)9-13-1-2-14-9/h1-4H. The molecule has 0 amide bonds. The van der Waals surface area contributed by atoms with Crippen LogP contribution >= 0.6 is 34.5 Å². The van der Waals surface area contributed by atoms with Crippen molar-refractivity contribution in [2.24, 2.45) is 0 Å². The normalized spacial score (nSPS) is 10.5. The van der Waals surface area contributed by atoms with Gasteiger partial charge >= 0.3 is 0 Å². The van der Waals surface area contributed by atoms with E-state index in [0.29, 0.717) is 10.6 Å². The van der Waals surface area contributed by atoms with Crippen LogP contribution in [0.2, 0.25) is 10.0 Å². The van der Waals surface area contributed by atoms with Gasteiger partial charge in [0.15, 0.2) is 0 Å². The number of nitrogens with zero attached hydrogens (tertiary/aromatic N) is 1. The molecular formula is C9H4Cl2FNS. The monoisotopic (exact) mass is 247 g/mol. The van der Waals surface area contributed by atoms with E-state index in [0.717, 1.165) is 0 Å². The Bertz CT molecular complexity index is 433. The highest BCUT2D eigenvalue weighted by Crippen LogP contribution is 2.34. The fourth-order valence-electron chi connectivity index (χ4n) is 1.09. The molecule has 2 aromatic rings. The van der Waals surface area contributed by atoms with Crippen LogP contribution in [0.15, 0.2) is 23.7 Å². The summed E-state index contributed by atoms with van der Waals surface area (Å²) in [6.07, 6.45) is 1.60. The summed E-state index contributed by atoms with van der Waals surface area (Å²) in [5.74, 6) is -0.447. The Hall–Kier alpha value is -0.640. The summed E-state index contributed by atoms with van der Waals surface area (Å²) in [7, 11) is 0. The van der Waals surface area contributed by atoms with Gasteiger partial charge in [0.05, 0.1) is 10.6 Å². The van der Waals surface area contributed by atoms with Crippen molar-refractivity contribution in [1.29, 1.82) is 0 Å². The molecule has 0 bridgehead atoms. The molecule has 1 nitrogen and oxygen atoms in total. The second-order valence-electron chi connectivity index (χ2n) is 2.58. The molecule has 1 aromatic carbocycles. The molecule has 72 valence electrons. The Balaban J connectivity index is 2.64. The van der Waals surface area contributed by atoms with Crippen LogP contribution in [-0.4, -0.2) is 4.98 Å². The topological polar surface area (TPSA) is 12.9 Å². The van der Waals surface area contributed by atoms with Crippen LogP contribution in [0.3, 0.4) is 0 Å². The van der Waals surface area contributed by atoms with E-state index in [9.17, 15) is 4.39 Å².